The lowest BCUT2D eigenvalue weighted by Crippen LogP contribution is -2.49. The second kappa shape index (κ2) is 6.06. The monoisotopic (exact) mass is 353 g/mol. The van der Waals surface area contributed by atoms with E-state index in [9.17, 15) is 4.79 Å². The number of nitrogens with one attached hydrogen (secondary N) is 1. The number of hydrazine groups is 1. The maximum Gasteiger partial charge on any atom is 0.305 e. The lowest BCUT2D eigenvalue weighted by molar-refractivity contribution is 0.0926. The van der Waals surface area contributed by atoms with Crippen molar-refractivity contribution in [1.29, 1.82) is 0 Å². The molecule has 0 bridgehead atoms. The molecule has 2 aromatic rings. The molecule has 0 saturated carbocycles. The summed E-state index contributed by atoms with van der Waals surface area (Å²) in [4.78, 5) is 12.1. The Morgan fingerprint density at radius 2 is 2.05 bits per heavy atom. The van der Waals surface area contributed by atoms with Crippen LogP contribution in [0.25, 0.3) is 0 Å². The molecule has 0 aliphatic heterocycles. The van der Waals surface area contributed by atoms with Gasteiger partial charge in [-0.05, 0) is 58.8 Å². The molecule has 3 N–H and O–H groups in total. The molecule has 0 fully saturated rings. The summed E-state index contributed by atoms with van der Waals surface area (Å²) < 4.78 is 5.66. The van der Waals surface area contributed by atoms with Gasteiger partial charge in [-0.25, -0.2) is 5.01 Å². The number of nitrogens with two attached hydrogens (primary N) is 1. The van der Waals surface area contributed by atoms with E-state index in [2.05, 4.69) is 21.4 Å². The highest BCUT2D eigenvalue weighted by Gasteiger charge is 2.18. The van der Waals surface area contributed by atoms with Gasteiger partial charge in [-0.3, -0.25) is 10.2 Å². The number of carbonyl (C=O) groups excluding carboxylic acids is 1. The van der Waals surface area contributed by atoms with E-state index in [1.807, 2.05) is 31.2 Å². The summed E-state index contributed by atoms with van der Waals surface area (Å²) in [5.74, 6) is -0.279. The summed E-state index contributed by atoms with van der Waals surface area (Å²) in [6, 6.07) is 10.6. The second-order valence-corrected chi connectivity index (χ2v) is 5.20. The molecule has 1 heterocycles. The van der Waals surface area contributed by atoms with Crippen LogP contribution in [0, 0.1) is 6.92 Å². The van der Waals surface area contributed by atoms with Gasteiger partial charge in [-0.1, -0.05) is 18.2 Å². The highest BCUT2D eigenvalue weighted by molar-refractivity contribution is 9.10. The smallest absolute Gasteiger partial charge is 0.305 e. The average Bonchev–Trinajstić information content (AvgIpc) is 2.83. The lowest BCUT2D eigenvalue weighted by atomic mass is 10.2. The lowest BCUT2D eigenvalue weighted by Gasteiger charge is -2.24. The van der Waals surface area contributed by atoms with Crippen molar-refractivity contribution >= 4 is 44.9 Å². The Labute approximate surface area is 129 Å². The predicted octanol–water partition coefficient (Wildman–Crippen LogP) is 2.75. The van der Waals surface area contributed by atoms with Crippen molar-refractivity contribution in [1.82, 2.24) is 5.43 Å². The average molecular weight is 354 g/mol. The summed E-state index contributed by atoms with van der Waals surface area (Å²) >= 11 is 8.12. The summed E-state index contributed by atoms with van der Waals surface area (Å²) in [5.41, 5.74) is 9.93. The summed E-state index contributed by atoms with van der Waals surface area (Å²) in [6.45, 7) is 1.90. The summed E-state index contributed by atoms with van der Waals surface area (Å²) in [6.07, 6.45) is 0. The molecule has 0 atom stereocenters. The maximum atomic E-state index is 12.1. The molecule has 0 saturated heterocycles. The summed E-state index contributed by atoms with van der Waals surface area (Å²) in [7, 11) is 0. The fourth-order valence-electron chi connectivity index (χ4n) is 1.64. The highest BCUT2D eigenvalue weighted by atomic mass is 79.9. The van der Waals surface area contributed by atoms with Crippen molar-refractivity contribution < 1.29 is 9.21 Å². The first-order chi connectivity index (χ1) is 9.49. The van der Waals surface area contributed by atoms with Gasteiger partial charge in [0.05, 0.1) is 5.69 Å². The molecular formula is C13H12BrN3O2S. The Morgan fingerprint density at radius 1 is 1.35 bits per heavy atom. The maximum absolute atomic E-state index is 12.1. The quantitative estimate of drug-likeness (QED) is 0.641. The first kappa shape index (κ1) is 14.5. The minimum absolute atomic E-state index is 0.0401. The van der Waals surface area contributed by atoms with Crippen LogP contribution in [-0.2, 0) is 0 Å². The molecule has 0 aliphatic rings. The van der Waals surface area contributed by atoms with E-state index >= 15 is 0 Å². The van der Waals surface area contributed by atoms with E-state index in [-0.39, 0.29) is 10.9 Å². The number of hydrogen-bond donors (Lipinski definition) is 2. The molecule has 0 spiro atoms. The summed E-state index contributed by atoms with van der Waals surface area (Å²) in [5, 5.41) is 1.39. The van der Waals surface area contributed by atoms with E-state index in [4.69, 9.17) is 22.4 Å². The van der Waals surface area contributed by atoms with Crippen LogP contribution in [-0.4, -0.2) is 11.0 Å². The standard InChI is InChI=1S/C13H12BrN3O2S/c1-8-4-2-3-5-9(8)17(13(15)20)16-12(18)10-6-7-11(14)19-10/h2-7H,1H3,(H2,15,20)(H,16,18). The topological polar surface area (TPSA) is 71.5 Å². The molecule has 0 unspecified atom stereocenters. The number of hydrogen-bond acceptors (Lipinski definition) is 3. The number of amides is 1. The molecule has 104 valence electrons. The van der Waals surface area contributed by atoms with Gasteiger partial charge in [0.25, 0.3) is 0 Å². The molecule has 0 radical (unpaired) electrons. The van der Waals surface area contributed by atoms with Crippen LogP contribution >= 0.6 is 28.1 Å². The molecule has 7 heteroatoms. The Kier molecular flexibility index (Phi) is 4.41. The zero-order valence-corrected chi connectivity index (χ0v) is 13.0. The number of thiocarbonyl (C=S) groups is 1. The van der Waals surface area contributed by atoms with Gasteiger partial charge in [0, 0.05) is 0 Å². The van der Waals surface area contributed by atoms with Gasteiger partial charge in [0.1, 0.15) is 0 Å². The number of anilines is 1. The molecule has 1 aromatic carbocycles. The number of para-hydroxylation sites is 1. The third kappa shape index (κ3) is 3.17. The molecule has 0 aliphatic carbocycles. The Morgan fingerprint density at radius 3 is 2.60 bits per heavy atom. The third-order valence-corrected chi connectivity index (χ3v) is 3.20. The fraction of sp³-hybridized carbons (Fsp3) is 0.0769. The molecule has 5 nitrogen and oxygen atoms in total. The third-order valence-electron chi connectivity index (χ3n) is 2.59. The van der Waals surface area contributed by atoms with Crippen LogP contribution in [0.15, 0.2) is 45.5 Å². The van der Waals surface area contributed by atoms with Gasteiger partial charge in [-0.2, -0.15) is 0 Å². The largest absolute Gasteiger partial charge is 0.444 e. The van der Waals surface area contributed by atoms with Crippen LogP contribution in [0.4, 0.5) is 5.69 Å². The first-order valence-corrected chi connectivity index (χ1v) is 6.90. The first-order valence-electron chi connectivity index (χ1n) is 5.70. The van der Waals surface area contributed by atoms with Crippen LogP contribution in [0.1, 0.15) is 16.1 Å². The molecule has 1 aromatic heterocycles. The molecule has 2 rings (SSSR count). The van der Waals surface area contributed by atoms with E-state index < -0.39 is 5.91 Å². The number of nitrogens with zero attached hydrogens (tertiary/aromatic N) is 1. The number of carbonyl (C=O) groups is 1. The van der Waals surface area contributed by atoms with E-state index in [0.717, 1.165) is 5.56 Å². The van der Waals surface area contributed by atoms with Crippen molar-refractivity contribution in [3.63, 3.8) is 0 Å². The number of aryl methyl sites for hydroxylation is 1. The van der Waals surface area contributed by atoms with Crippen molar-refractivity contribution in [3.05, 3.63) is 52.4 Å². The molecule has 1 amide bonds. The SMILES string of the molecule is Cc1ccccc1N(NC(=O)c1ccc(Br)o1)C(N)=S. The second-order valence-electron chi connectivity index (χ2n) is 4.00. The zero-order chi connectivity index (χ0) is 14.7. The zero-order valence-electron chi connectivity index (χ0n) is 10.6. The number of halogens is 1. The van der Waals surface area contributed by atoms with Crippen LogP contribution in [0.3, 0.4) is 0 Å². The van der Waals surface area contributed by atoms with Gasteiger partial charge in [-0.15, -0.1) is 0 Å². The Hall–Kier alpha value is -1.86. The van der Waals surface area contributed by atoms with E-state index in [0.29, 0.717) is 10.4 Å². The van der Waals surface area contributed by atoms with Gasteiger partial charge in [0.2, 0.25) is 0 Å². The van der Waals surface area contributed by atoms with Crippen LogP contribution in [0.2, 0.25) is 0 Å². The number of benzene rings is 1. The minimum Gasteiger partial charge on any atom is -0.444 e. The predicted molar refractivity (Wildman–Crippen MR) is 84.3 cm³/mol. The Bertz CT molecular complexity index is 657. The van der Waals surface area contributed by atoms with Crippen molar-refractivity contribution in [3.8, 4) is 0 Å². The normalized spacial score (nSPS) is 10.1. The van der Waals surface area contributed by atoms with Crippen LogP contribution in [0.5, 0.6) is 0 Å². The van der Waals surface area contributed by atoms with Gasteiger partial charge in [0.15, 0.2) is 15.5 Å². The van der Waals surface area contributed by atoms with E-state index in [1.54, 1.807) is 12.1 Å². The minimum atomic E-state index is -0.438. The van der Waals surface area contributed by atoms with Gasteiger partial charge >= 0.3 is 5.91 Å². The van der Waals surface area contributed by atoms with Crippen LogP contribution < -0.4 is 16.2 Å². The van der Waals surface area contributed by atoms with Crippen molar-refractivity contribution in [2.45, 2.75) is 6.92 Å². The number of furan rings is 1. The molecule has 20 heavy (non-hydrogen) atoms. The van der Waals surface area contributed by atoms with Gasteiger partial charge < -0.3 is 10.2 Å². The highest BCUT2D eigenvalue weighted by Crippen LogP contribution is 2.19. The fourth-order valence-corrected chi connectivity index (χ4v) is 2.09. The number of rotatable bonds is 2. The molecular weight excluding hydrogens is 342 g/mol. The Balaban J connectivity index is 2.25. The van der Waals surface area contributed by atoms with Crippen molar-refractivity contribution in [2.75, 3.05) is 5.01 Å². The van der Waals surface area contributed by atoms with E-state index in [1.165, 1.54) is 5.01 Å². The van der Waals surface area contributed by atoms with Crippen molar-refractivity contribution in [2.24, 2.45) is 5.73 Å².